The fourth-order valence-corrected chi connectivity index (χ4v) is 7.31. The molecule has 2 aromatic heterocycles. The number of halogens is 3. The van der Waals surface area contributed by atoms with Crippen LogP contribution in [-0.2, 0) is 16.4 Å². The number of anilines is 2. The molecule has 2 aromatic carbocycles. The lowest BCUT2D eigenvalue weighted by Crippen LogP contribution is -2.49. The zero-order chi connectivity index (χ0) is 29.2. The minimum Gasteiger partial charge on any atom is -0.325 e. The summed E-state index contributed by atoms with van der Waals surface area (Å²) in [6.45, 7) is 5.49. The van der Waals surface area contributed by atoms with Gasteiger partial charge in [-0.1, -0.05) is 24.0 Å². The molecule has 4 aromatic rings. The van der Waals surface area contributed by atoms with Crippen LogP contribution >= 0.6 is 0 Å². The summed E-state index contributed by atoms with van der Waals surface area (Å²) in [7, 11) is -4.29. The van der Waals surface area contributed by atoms with Gasteiger partial charge in [-0.25, -0.2) is 21.6 Å². The van der Waals surface area contributed by atoms with Crippen LogP contribution in [0.3, 0.4) is 0 Å². The predicted molar refractivity (Wildman–Crippen MR) is 150 cm³/mol. The molecule has 3 heterocycles. The molecule has 0 bridgehead atoms. The molecule has 6 rings (SSSR count). The Kier molecular flexibility index (Phi) is 6.50. The van der Waals surface area contributed by atoms with E-state index in [0.29, 0.717) is 46.9 Å². The zero-order valence-electron chi connectivity index (χ0n) is 22.9. The van der Waals surface area contributed by atoms with Crippen molar-refractivity contribution in [3.05, 3.63) is 59.2 Å². The maximum atomic E-state index is 15.4. The number of nitrogens with one attached hydrogen (secondary N) is 1. The van der Waals surface area contributed by atoms with Crippen LogP contribution in [0.15, 0.2) is 36.4 Å². The monoisotopic (exact) mass is 582 g/mol. The molecule has 0 spiro atoms. The maximum Gasteiger partial charge on any atom is 0.259 e. The number of benzene rings is 2. The van der Waals surface area contributed by atoms with Crippen LogP contribution in [0.4, 0.5) is 24.7 Å². The van der Waals surface area contributed by atoms with Gasteiger partial charge < -0.3 is 4.90 Å². The molecule has 214 valence electrons. The fraction of sp³-hybridized carbons (Fsp3) is 0.414. The second-order valence-electron chi connectivity index (χ2n) is 11.2. The predicted octanol–water partition coefficient (Wildman–Crippen LogP) is 5.05. The second kappa shape index (κ2) is 9.70. The van der Waals surface area contributed by atoms with Crippen molar-refractivity contribution in [3.8, 4) is 11.8 Å². The van der Waals surface area contributed by atoms with Crippen LogP contribution in [0.1, 0.15) is 56.5 Å². The van der Waals surface area contributed by atoms with Crippen molar-refractivity contribution in [1.82, 2.24) is 24.3 Å². The normalized spacial score (nSPS) is 16.9. The van der Waals surface area contributed by atoms with Gasteiger partial charge in [-0.15, -0.1) is 10.2 Å². The number of hydrogen-bond acceptors (Lipinski definition) is 6. The fourth-order valence-electron chi connectivity index (χ4n) is 5.51. The first-order valence-electron chi connectivity index (χ1n) is 13.5. The highest BCUT2D eigenvalue weighted by Gasteiger charge is 2.62. The highest BCUT2D eigenvalue weighted by molar-refractivity contribution is 7.91. The molecule has 1 fully saturated rings. The molecule has 0 saturated heterocycles. The van der Waals surface area contributed by atoms with Crippen LogP contribution in [0, 0.1) is 24.6 Å². The van der Waals surface area contributed by atoms with Gasteiger partial charge in [0.1, 0.15) is 22.2 Å². The van der Waals surface area contributed by atoms with Crippen molar-refractivity contribution in [2.75, 3.05) is 11.4 Å². The summed E-state index contributed by atoms with van der Waals surface area (Å²) in [4.78, 5) is 6.73. The Hall–Kier alpha value is -3.69. The van der Waals surface area contributed by atoms with Gasteiger partial charge in [0.15, 0.2) is 0 Å². The van der Waals surface area contributed by atoms with Gasteiger partial charge in [0.25, 0.3) is 12.2 Å². The van der Waals surface area contributed by atoms with E-state index >= 15 is 4.39 Å². The van der Waals surface area contributed by atoms with Gasteiger partial charge in [-0.2, -0.15) is 9.71 Å². The van der Waals surface area contributed by atoms with E-state index in [1.165, 1.54) is 6.07 Å². The van der Waals surface area contributed by atoms with E-state index in [-0.39, 0.29) is 12.8 Å². The van der Waals surface area contributed by atoms with E-state index in [9.17, 15) is 17.2 Å². The van der Waals surface area contributed by atoms with Gasteiger partial charge in [-0.3, -0.25) is 4.40 Å². The minimum atomic E-state index is -4.29. The van der Waals surface area contributed by atoms with Gasteiger partial charge in [0.05, 0.1) is 16.4 Å². The van der Waals surface area contributed by atoms with Crippen molar-refractivity contribution in [1.29, 1.82) is 0 Å². The van der Waals surface area contributed by atoms with Crippen molar-refractivity contribution in [2.45, 2.75) is 69.6 Å². The van der Waals surface area contributed by atoms with E-state index in [0.717, 1.165) is 24.1 Å². The smallest absolute Gasteiger partial charge is 0.259 e. The van der Waals surface area contributed by atoms with E-state index < -0.39 is 32.6 Å². The molecule has 0 amide bonds. The standard InChI is InChI=1S/C29H29F3N6O2S/c1-18-34-35-27-33-25(24-21(30)10-7-12-23(24)38(18)27)37-17-5-4-9-20-19(8-6-11-22(20)37)13-14-28(2,3)36-41(39,40)29(15-16-29)26(31)32/h6-8,10-12,26,36H,4-5,9,15-17H2,1-3H3. The summed E-state index contributed by atoms with van der Waals surface area (Å²) in [5, 5.41) is 8.69. The van der Waals surface area contributed by atoms with Crippen LogP contribution in [0.2, 0.25) is 0 Å². The number of hydrogen-bond donors (Lipinski definition) is 1. The molecule has 0 unspecified atom stereocenters. The molecule has 41 heavy (non-hydrogen) atoms. The van der Waals surface area contributed by atoms with E-state index in [1.54, 1.807) is 31.2 Å². The van der Waals surface area contributed by atoms with Crippen LogP contribution in [0.5, 0.6) is 0 Å². The van der Waals surface area contributed by atoms with Gasteiger partial charge in [-0.05, 0) is 82.7 Å². The summed E-state index contributed by atoms with van der Waals surface area (Å²) in [5.41, 5.74) is 1.75. The van der Waals surface area contributed by atoms with Gasteiger partial charge in [0, 0.05) is 17.8 Å². The number of nitrogens with zero attached hydrogens (tertiary/aromatic N) is 5. The first-order valence-corrected chi connectivity index (χ1v) is 15.0. The molecule has 1 aliphatic carbocycles. The Morgan fingerprint density at radius 2 is 1.85 bits per heavy atom. The summed E-state index contributed by atoms with van der Waals surface area (Å²) in [6, 6.07) is 10.5. The van der Waals surface area contributed by atoms with Crippen molar-refractivity contribution >= 4 is 38.2 Å². The summed E-state index contributed by atoms with van der Waals surface area (Å²) >= 11 is 0. The third kappa shape index (κ3) is 4.61. The van der Waals surface area contributed by atoms with Crippen LogP contribution < -0.4 is 9.62 Å². The van der Waals surface area contributed by atoms with Crippen LogP contribution in [0.25, 0.3) is 16.7 Å². The molecule has 1 aliphatic heterocycles. The van der Waals surface area contributed by atoms with E-state index in [1.807, 2.05) is 29.2 Å². The second-order valence-corrected chi connectivity index (χ2v) is 13.2. The van der Waals surface area contributed by atoms with Crippen LogP contribution in [-0.4, -0.2) is 51.3 Å². The number of fused-ring (bicyclic) bond motifs is 4. The minimum absolute atomic E-state index is 0.0744. The lowest BCUT2D eigenvalue weighted by atomic mass is 9.99. The Bertz CT molecular complexity index is 1860. The summed E-state index contributed by atoms with van der Waals surface area (Å²) in [5.74, 6) is 7.05. The average Bonchev–Trinajstić information content (AvgIpc) is 3.69. The molecule has 0 atom stereocenters. The quantitative estimate of drug-likeness (QED) is 0.332. The molecule has 2 aliphatic rings. The third-order valence-corrected chi connectivity index (χ3v) is 10.2. The third-order valence-electron chi connectivity index (χ3n) is 7.80. The number of sulfonamides is 1. The number of alkyl halides is 2. The van der Waals surface area contributed by atoms with E-state index in [2.05, 4.69) is 26.8 Å². The maximum absolute atomic E-state index is 15.4. The number of rotatable bonds is 5. The lowest BCUT2D eigenvalue weighted by Gasteiger charge is -2.26. The SMILES string of the molecule is Cc1nnc2nc(N3CCCCc4c(C#CC(C)(C)NS(=O)(=O)C5(C(F)F)CC5)cccc43)c3c(F)cccc3n12. The van der Waals surface area contributed by atoms with E-state index in [4.69, 9.17) is 4.98 Å². The first kappa shape index (κ1) is 27.5. The molecular weight excluding hydrogens is 553 g/mol. The Labute approximate surface area is 236 Å². The Morgan fingerprint density at radius 3 is 2.59 bits per heavy atom. The van der Waals surface area contributed by atoms with Crippen molar-refractivity contribution < 1.29 is 21.6 Å². The van der Waals surface area contributed by atoms with Gasteiger partial charge >= 0.3 is 0 Å². The van der Waals surface area contributed by atoms with Gasteiger partial charge in [0.2, 0.25) is 10.0 Å². The number of aryl methyl sites for hydroxylation is 1. The largest absolute Gasteiger partial charge is 0.325 e. The van der Waals surface area contributed by atoms with Crippen molar-refractivity contribution in [3.63, 3.8) is 0 Å². The molecule has 1 saturated carbocycles. The van der Waals surface area contributed by atoms with Crippen molar-refractivity contribution in [2.24, 2.45) is 0 Å². The molecule has 1 N–H and O–H groups in total. The average molecular weight is 583 g/mol. The molecule has 0 radical (unpaired) electrons. The Morgan fingerprint density at radius 1 is 1.10 bits per heavy atom. The highest BCUT2D eigenvalue weighted by Crippen LogP contribution is 2.48. The lowest BCUT2D eigenvalue weighted by molar-refractivity contribution is 0.132. The first-order chi connectivity index (χ1) is 19.4. The Balaban J connectivity index is 1.42. The highest BCUT2D eigenvalue weighted by atomic mass is 32.2. The topological polar surface area (TPSA) is 92.5 Å². The molecule has 12 heteroatoms. The number of aromatic nitrogens is 4. The summed E-state index contributed by atoms with van der Waals surface area (Å²) < 4.78 is 70.1. The molecular formula is C29H29F3N6O2S. The zero-order valence-corrected chi connectivity index (χ0v) is 23.7. The summed E-state index contributed by atoms with van der Waals surface area (Å²) in [6.07, 6.45) is -0.748. The molecule has 8 nitrogen and oxygen atoms in total.